The van der Waals surface area contributed by atoms with Crippen molar-refractivity contribution in [3.63, 3.8) is 0 Å². The molecule has 0 N–H and O–H groups in total. The first kappa shape index (κ1) is 12.2. The lowest BCUT2D eigenvalue weighted by Crippen LogP contribution is -2.33. The van der Waals surface area contributed by atoms with Gasteiger partial charge in [-0.2, -0.15) is 4.99 Å². The van der Waals surface area contributed by atoms with E-state index in [1.54, 1.807) is 26.8 Å². The normalized spacial score (nSPS) is 12.6. The van der Waals surface area contributed by atoms with Gasteiger partial charge in [0.05, 0.1) is 0 Å². The predicted octanol–water partition coefficient (Wildman–Crippen LogP) is 0.311. The van der Waals surface area contributed by atoms with E-state index >= 15 is 0 Å². The summed E-state index contributed by atoms with van der Waals surface area (Å²) in [6.07, 6.45) is 2.44. The van der Waals surface area contributed by atoms with Crippen LogP contribution in [0, 0.1) is 0 Å². The van der Waals surface area contributed by atoms with Crippen molar-refractivity contribution in [2.45, 2.75) is 32.9 Å². The van der Waals surface area contributed by atoms with Crippen LogP contribution in [0.2, 0.25) is 0 Å². The Morgan fingerprint density at radius 2 is 2.44 bits per heavy atom. The van der Waals surface area contributed by atoms with Gasteiger partial charge in [-0.25, -0.2) is 0 Å². The number of nitrogens with zero attached hydrogens (tertiary/aromatic N) is 3. The van der Waals surface area contributed by atoms with Gasteiger partial charge in [-0.3, -0.25) is 4.52 Å². The molecule has 1 aromatic rings. The summed E-state index contributed by atoms with van der Waals surface area (Å²) in [4.78, 5) is 3.60. The van der Waals surface area contributed by atoms with Crippen molar-refractivity contribution < 1.29 is 19.0 Å². The molecule has 0 aromatic carbocycles. The lowest BCUT2D eigenvalue weighted by Gasteiger charge is -2.28. The molecule has 0 saturated heterocycles. The topological polar surface area (TPSA) is 74.6 Å². The quantitative estimate of drug-likeness (QED) is 0.321. The highest BCUT2D eigenvalue weighted by Crippen LogP contribution is 2.10. The third-order valence-corrected chi connectivity index (χ3v) is 1.41. The standard InChI is InChI=1S/C10H15N3O3/c1-5-6-13-7-8(16-12-13)11-9(14)15-10(2,3)4/h5,7H,1,6H2,2-4H3. The molecule has 0 aliphatic carbocycles. The third-order valence-electron chi connectivity index (χ3n) is 1.41. The second kappa shape index (κ2) is 4.78. The summed E-state index contributed by atoms with van der Waals surface area (Å²) >= 11 is 0. The molecule has 1 heterocycles. The SMILES string of the molecule is C=CC[n+]1cc(/N=C(\[O-])OC(C)(C)C)on1. The van der Waals surface area contributed by atoms with E-state index in [0.29, 0.717) is 6.54 Å². The van der Waals surface area contributed by atoms with Gasteiger partial charge in [0.2, 0.25) is 5.27 Å². The smallest absolute Gasteiger partial charge is 0.323 e. The van der Waals surface area contributed by atoms with Crippen LogP contribution in [0.3, 0.4) is 0 Å². The Morgan fingerprint density at radius 1 is 1.75 bits per heavy atom. The molecule has 0 saturated carbocycles. The lowest BCUT2D eigenvalue weighted by molar-refractivity contribution is -0.753. The number of rotatable bonds is 3. The molecule has 1 rings (SSSR count). The molecule has 6 nitrogen and oxygen atoms in total. The van der Waals surface area contributed by atoms with Crippen molar-refractivity contribution in [3.05, 3.63) is 18.9 Å². The highest BCUT2D eigenvalue weighted by molar-refractivity contribution is 5.65. The largest absolute Gasteiger partial charge is 0.594 e. The maximum Gasteiger partial charge on any atom is 0.323 e. The number of hydrogen-bond acceptors (Lipinski definition) is 5. The second-order valence-corrected chi connectivity index (χ2v) is 4.14. The zero-order valence-corrected chi connectivity index (χ0v) is 9.64. The molecule has 88 valence electrons. The molecule has 0 aliphatic rings. The molecule has 0 atom stereocenters. The molecule has 0 spiro atoms. The molecule has 6 heteroatoms. The van der Waals surface area contributed by atoms with E-state index in [4.69, 9.17) is 9.26 Å². The van der Waals surface area contributed by atoms with Crippen LogP contribution in [0.25, 0.3) is 0 Å². The maximum absolute atomic E-state index is 11.3. The van der Waals surface area contributed by atoms with Crippen LogP contribution >= 0.6 is 0 Å². The maximum atomic E-state index is 11.3. The minimum absolute atomic E-state index is 0.108. The van der Waals surface area contributed by atoms with Gasteiger partial charge in [-0.1, -0.05) is 27.4 Å². The Bertz CT molecular complexity index is 390. The van der Waals surface area contributed by atoms with Gasteiger partial charge in [0.1, 0.15) is 0 Å². The summed E-state index contributed by atoms with van der Waals surface area (Å²) in [6, 6.07) is 0. The van der Waals surface area contributed by atoms with Gasteiger partial charge < -0.3 is 9.84 Å². The van der Waals surface area contributed by atoms with Crippen molar-refractivity contribution in [3.8, 4) is 0 Å². The lowest BCUT2D eigenvalue weighted by atomic mass is 10.2. The van der Waals surface area contributed by atoms with Crippen LogP contribution in [0.1, 0.15) is 20.8 Å². The highest BCUT2D eigenvalue weighted by Gasteiger charge is 2.10. The molecule has 0 amide bonds. The predicted molar refractivity (Wildman–Crippen MR) is 54.8 cm³/mol. The van der Waals surface area contributed by atoms with Crippen LogP contribution < -0.4 is 9.79 Å². The number of allylic oxidation sites excluding steroid dienone is 1. The van der Waals surface area contributed by atoms with Gasteiger partial charge >= 0.3 is 5.88 Å². The minimum atomic E-state index is -0.700. The van der Waals surface area contributed by atoms with E-state index in [0.717, 1.165) is 0 Å². The van der Waals surface area contributed by atoms with Crippen LogP contribution in [-0.2, 0) is 11.3 Å². The number of hydrogen-bond donors (Lipinski definition) is 0. The van der Waals surface area contributed by atoms with Crippen LogP contribution in [-0.4, -0.2) is 17.0 Å². The fraction of sp³-hybridized carbons (Fsp3) is 0.500. The Balaban J connectivity index is 2.70. The Kier molecular flexibility index (Phi) is 3.65. The second-order valence-electron chi connectivity index (χ2n) is 4.14. The van der Waals surface area contributed by atoms with Gasteiger partial charge in [-0.05, 0) is 10.8 Å². The van der Waals surface area contributed by atoms with Gasteiger partial charge in [-0.15, -0.1) is 0 Å². The summed E-state index contributed by atoms with van der Waals surface area (Å²) in [5, 5.41) is 14.9. The van der Waals surface area contributed by atoms with Crippen molar-refractivity contribution >= 4 is 12.0 Å². The molecule has 1 aromatic heterocycles. The molecular weight excluding hydrogens is 210 g/mol. The first-order valence-corrected chi connectivity index (χ1v) is 4.83. The Morgan fingerprint density at radius 3 is 3.00 bits per heavy atom. The van der Waals surface area contributed by atoms with Crippen molar-refractivity contribution in [2.24, 2.45) is 4.99 Å². The van der Waals surface area contributed by atoms with E-state index in [1.165, 1.54) is 10.9 Å². The van der Waals surface area contributed by atoms with Crippen LogP contribution in [0.15, 0.2) is 28.4 Å². The number of ether oxygens (including phenoxy) is 1. The summed E-state index contributed by atoms with van der Waals surface area (Å²) in [5.74, 6) is 0.108. The average molecular weight is 225 g/mol. The molecule has 0 unspecified atom stereocenters. The summed E-state index contributed by atoms with van der Waals surface area (Å²) in [6.45, 7) is 9.33. The van der Waals surface area contributed by atoms with E-state index < -0.39 is 11.7 Å². The van der Waals surface area contributed by atoms with Crippen molar-refractivity contribution in [1.82, 2.24) is 5.27 Å². The van der Waals surface area contributed by atoms with E-state index in [2.05, 4.69) is 16.8 Å². The molecule has 0 radical (unpaired) electrons. The highest BCUT2D eigenvalue weighted by atomic mass is 16.6. The Hall–Kier alpha value is -1.85. The van der Waals surface area contributed by atoms with E-state index in [1.807, 2.05) is 0 Å². The number of aliphatic imine (C=N–C) groups is 1. The third kappa shape index (κ3) is 4.12. The fourth-order valence-electron chi connectivity index (χ4n) is 0.911. The Labute approximate surface area is 93.8 Å². The molecule has 16 heavy (non-hydrogen) atoms. The van der Waals surface area contributed by atoms with E-state index in [-0.39, 0.29) is 5.88 Å². The molecule has 0 aliphatic heterocycles. The van der Waals surface area contributed by atoms with E-state index in [9.17, 15) is 5.11 Å². The fourth-order valence-corrected chi connectivity index (χ4v) is 0.911. The first-order valence-electron chi connectivity index (χ1n) is 4.83. The van der Waals surface area contributed by atoms with Gasteiger partial charge in [0.25, 0.3) is 6.20 Å². The molecule has 0 fully saturated rings. The molecular formula is C10H15N3O3. The molecule has 0 bridgehead atoms. The zero-order chi connectivity index (χ0) is 12.2. The number of aromatic nitrogens is 2. The average Bonchev–Trinajstić information content (AvgIpc) is 2.49. The van der Waals surface area contributed by atoms with Crippen molar-refractivity contribution in [2.75, 3.05) is 0 Å². The van der Waals surface area contributed by atoms with Crippen LogP contribution in [0.4, 0.5) is 5.88 Å². The first-order chi connectivity index (χ1) is 7.40. The van der Waals surface area contributed by atoms with Crippen molar-refractivity contribution in [1.29, 1.82) is 0 Å². The summed E-state index contributed by atoms with van der Waals surface area (Å²) < 4.78 is 11.3. The monoisotopic (exact) mass is 225 g/mol. The summed E-state index contributed by atoms with van der Waals surface area (Å²) in [5.41, 5.74) is -0.572. The van der Waals surface area contributed by atoms with Crippen LogP contribution in [0.5, 0.6) is 0 Å². The zero-order valence-electron chi connectivity index (χ0n) is 9.64. The van der Waals surface area contributed by atoms with Gasteiger partial charge in [0.15, 0.2) is 12.6 Å². The minimum Gasteiger partial charge on any atom is -0.594 e. The van der Waals surface area contributed by atoms with Gasteiger partial charge in [0, 0.05) is 5.60 Å². The summed E-state index contributed by atoms with van der Waals surface area (Å²) in [7, 11) is 0.